The third-order valence-corrected chi connectivity index (χ3v) is 1.96. The van der Waals surface area contributed by atoms with Crippen LogP contribution in [0.2, 0.25) is 0 Å². The zero-order chi connectivity index (χ0) is 12.3. The minimum atomic E-state index is 0.0772. The monoisotopic (exact) mass is 232 g/mol. The summed E-state index contributed by atoms with van der Waals surface area (Å²) in [5, 5.41) is 0. The predicted octanol–water partition coefficient (Wildman–Crippen LogP) is 0.197. The number of aromatic nitrogens is 3. The highest BCUT2D eigenvalue weighted by Gasteiger charge is 2.02. The third-order valence-electron chi connectivity index (χ3n) is 1.96. The summed E-state index contributed by atoms with van der Waals surface area (Å²) in [5.41, 5.74) is 17.1. The van der Waals surface area contributed by atoms with Crippen molar-refractivity contribution in [1.82, 2.24) is 15.0 Å². The summed E-state index contributed by atoms with van der Waals surface area (Å²) in [5.74, 6) is 1.20. The molecule has 88 valence electrons. The molecule has 0 saturated carbocycles. The molecule has 2 aromatic rings. The maximum absolute atomic E-state index is 5.55. The Hall–Kier alpha value is -2.57. The lowest BCUT2D eigenvalue weighted by molar-refractivity contribution is 0.296. The van der Waals surface area contributed by atoms with Gasteiger partial charge in [-0.05, 0) is 24.3 Å². The number of anilines is 3. The van der Waals surface area contributed by atoms with E-state index in [0.717, 1.165) is 0 Å². The van der Waals surface area contributed by atoms with E-state index in [9.17, 15) is 0 Å². The molecule has 1 heterocycles. The van der Waals surface area contributed by atoms with Crippen LogP contribution in [0, 0.1) is 0 Å². The highest BCUT2D eigenvalue weighted by atomic mass is 16.5. The molecular formula is C10H12N6O. The molecule has 6 N–H and O–H groups in total. The quantitative estimate of drug-likeness (QED) is 0.645. The van der Waals surface area contributed by atoms with Gasteiger partial charge in [-0.1, -0.05) is 0 Å². The van der Waals surface area contributed by atoms with Crippen LogP contribution < -0.4 is 21.9 Å². The summed E-state index contributed by atoms with van der Waals surface area (Å²) in [6.45, 7) is 0.167. The molecule has 7 heteroatoms. The molecule has 0 spiro atoms. The largest absolute Gasteiger partial charge is 0.486 e. The fraction of sp³-hybridized carbons (Fsp3) is 0.100. The minimum absolute atomic E-state index is 0.0772. The Balaban J connectivity index is 2.04. The second-order valence-corrected chi connectivity index (χ2v) is 3.33. The lowest BCUT2D eigenvalue weighted by Crippen LogP contribution is -2.09. The number of benzene rings is 1. The van der Waals surface area contributed by atoms with Crippen LogP contribution in [0.15, 0.2) is 24.3 Å². The molecule has 0 bridgehead atoms. The zero-order valence-electron chi connectivity index (χ0n) is 9.00. The summed E-state index contributed by atoms with van der Waals surface area (Å²) in [4.78, 5) is 11.4. The molecule has 7 nitrogen and oxygen atoms in total. The van der Waals surface area contributed by atoms with E-state index in [1.807, 2.05) is 0 Å². The number of hydrogen-bond acceptors (Lipinski definition) is 7. The van der Waals surface area contributed by atoms with Crippen molar-refractivity contribution in [2.45, 2.75) is 6.61 Å². The fourth-order valence-corrected chi connectivity index (χ4v) is 1.23. The fourth-order valence-electron chi connectivity index (χ4n) is 1.23. The van der Waals surface area contributed by atoms with Gasteiger partial charge in [-0.25, -0.2) is 0 Å². The third kappa shape index (κ3) is 2.94. The van der Waals surface area contributed by atoms with Crippen molar-refractivity contribution in [2.24, 2.45) is 0 Å². The van der Waals surface area contributed by atoms with Gasteiger partial charge in [0, 0.05) is 5.69 Å². The Labute approximate surface area is 97.6 Å². The van der Waals surface area contributed by atoms with Crippen LogP contribution in [0.1, 0.15) is 5.82 Å². The molecule has 1 aromatic carbocycles. The molecule has 2 rings (SSSR count). The molecule has 0 amide bonds. The summed E-state index contributed by atoms with van der Waals surface area (Å²) in [7, 11) is 0. The van der Waals surface area contributed by atoms with Crippen LogP contribution in [0.5, 0.6) is 5.75 Å². The van der Waals surface area contributed by atoms with E-state index in [4.69, 9.17) is 21.9 Å². The van der Waals surface area contributed by atoms with Crippen LogP contribution in [-0.2, 0) is 6.61 Å². The number of ether oxygens (including phenoxy) is 1. The Bertz CT molecular complexity index is 492. The normalized spacial score (nSPS) is 10.1. The molecule has 0 aliphatic heterocycles. The van der Waals surface area contributed by atoms with Gasteiger partial charge >= 0.3 is 0 Å². The Morgan fingerprint density at radius 1 is 0.882 bits per heavy atom. The van der Waals surface area contributed by atoms with E-state index in [1.165, 1.54) is 0 Å². The van der Waals surface area contributed by atoms with Gasteiger partial charge in [-0.15, -0.1) is 0 Å². The smallest absolute Gasteiger partial charge is 0.225 e. The van der Waals surface area contributed by atoms with Crippen LogP contribution in [0.3, 0.4) is 0 Å². The maximum atomic E-state index is 5.55. The highest BCUT2D eigenvalue weighted by molar-refractivity contribution is 5.41. The van der Waals surface area contributed by atoms with E-state index < -0.39 is 0 Å². The molecule has 1 aromatic heterocycles. The Kier molecular flexibility index (Phi) is 2.91. The average Bonchev–Trinajstić information content (AvgIpc) is 2.27. The summed E-state index contributed by atoms with van der Waals surface area (Å²) >= 11 is 0. The van der Waals surface area contributed by atoms with Crippen molar-refractivity contribution < 1.29 is 4.74 Å². The Morgan fingerprint density at radius 2 is 1.47 bits per heavy atom. The van der Waals surface area contributed by atoms with E-state index in [2.05, 4.69) is 15.0 Å². The van der Waals surface area contributed by atoms with Gasteiger partial charge in [0.25, 0.3) is 0 Å². The molecule has 0 unspecified atom stereocenters. The maximum Gasteiger partial charge on any atom is 0.225 e. The standard InChI is InChI=1S/C10H12N6O/c11-6-1-3-7(4-2-6)17-5-8-14-9(12)16-10(13)15-8/h1-4H,5,11H2,(H4,12,13,14,15,16). The first-order valence-corrected chi connectivity index (χ1v) is 4.88. The second kappa shape index (κ2) is 4.52. The van der Waals surface area contributed by atoms with Gasteiger partial charge in [0.2, 0.25) is 11.9 Å². The molecular weight excluding hydrogens is 220 g/mol. The van der Waals surface area contributed by atoms with Crippen LogP contribution in [0.25, 0.3) is 0 Å². The zero-order valence-corrected chi connectivity index (χ0v) is 9.00. The first-order valence-electron chi connectivity index (χ1n) is 4.88. The first kappa shape index (κ1) is 10.9. The SMILES string of the molecule is Nc1ccc(OCc2nc(N)nc(N)n2)cc1. The molecule has 17 heavy (non-hydrogen) atoms. The number of nitrogens with zero attached hydrogens (tertiary/aromatic N) is 3. The van der Waals surface area contributed by atoms with Crippen molar-refractivity contribution in [3.8, 4) is 5.75 Å². The predicted molar refractivity (Wildman–Crippen MR) is 63.8 cm³/mol. The van der Waals surface area contributed by atoms with E-state index in [1.54, 1.807) is 24.3 Å². The van der Waals surface area contributed by atoms with Gasteiger partial charge in [0.05, 0.1) is 0 Å². The lowest BCUT2D eigenvalue weighted by Gasteiger charge is -2.05. The number of rotatable bonds is 3. The molecule has 0 radical (unpaired) electrons. The van der Waals surface area contributed by atoms with Gasteiger partial charge in [0.15, 0.2) is 5.82 Å². The van der Waals surface area contributed by atoms with Crippen molar-refractivity contribution in [2.75, 3.05) is 17.2 Å². The Morgan fingerprint density at radius 3 is 2.06 bits per heavy atom. The lowest BCUT2D eigenvalue weighted by atomic mass is 10.3. The molecule has 0 aliphatic rings. The molecule has 0 atom stereocenters. The molecule has 0 saturated heterocycles. The van der Waals surface area contributed by atoms with Crippen LogP contribution in [-0.4, -0.2) is 15.0 Å². The summed E-state index contributed by atoms with van der Waals surface area (Å²) in [6, 6.07) is 6.99. The van der Waals surface area contributed by atoms with Gasteiger partial charge < -0.3 is 21.9 Å². The van der Waals surface area contributed by atoms with Gasteiger partial charge in [-0.2, -0.15) is 15.0 Å². The van der Waals surface area contributed by atoms with Crippen molar-refractivity contribution in [1.29, 1.82) is 0 Å². The number of nitrogen functional groups attached to an aromatic ring is 3. The highest BCUT2D eigenvalue weighted by Crippen LogP contribution is 2.14. The van der Waals surface area contributed by atoms with Crippen molar-refractivity contribution in [3.63, 3.8) is 0 Å². The van der Waals surface area contributed by atoms with E-state index in [0.29, 0.717) is 17.3 Å². The van der Waals surface area contributed by atoms with E-state index in [-0.39, 0.29) is 18.5 Å². The summed E-state index contributed by atoms with van der Waals surface area (Å²) < 4.78 is 5.44. The average molecular weight is 232 g/mol. The topological polar surface area (TPSA) is 126 Å². The van der Waals surface area contributed by atoms with Crippen LogP contribution in [0.4, 0.5) is 17.6 Å². The van der Waals surface area contributed by atoms with Crippen LogP contribution >= 0.6 is 0 Å². The van der Waals surface area contributed by atoms with Gasteiger partial charge in [0.1, 0.15) is 12.4 Å². The first-order chi connectivity index (χ1) is 8.13. The second-order valence-electron chi connectivity index (χ2n) is 3.33. The molecule has 0 fully saturated rings. The van der Waals surface area contributed by atoms with E-state index >= 15 is 0 Å². The minimum Gasteiger partial charge on any atom is -0.486 e. The number of hydrogen-bond donors (Lipinski definition) is 3. The summed E-state index contributed by atoms with van der Waals surface area (Å²) in [6.07, 6.45) is 0. The number of nitrogens with two attached hydrogens (primary N) is 3. The molecule has 0 aliphatic carbocycles. The van der Waals surface area contributed by atoms with Crippen molar-refractivity contribution in [3.05, 3.63) is 30.1 Å². The van der Waals surface area contributed by atoms with Gasteiger partial charge in [-0.3, -0.25) is 0 Å². The van der Waals surface area contributed by atoms with Crippen molar-refractivity contribution >= 4 is 17.6 Å².